The highest BCUT2D eigenvalue weighted by Gasteiger charge is 2.24. The van der Waals surface area contributed by atoms with E-state index in [0.29, 0.717) is 6.04 Å². The third-order valence-electron chi connectivity index (χ3n) is 3.86. The number of rotatable bonds is 2. The monoisotopic (exact) mass is 241 g/mol. The van der Waals surface area contributed by atoms with Crippen LogP contribution in [0, 0.1) is 0 Å². The maximum atomic E-state index is 4.28. The van der Waals surface area contributed by atoms with E-state index >= 15 is 0 Å². The van der Waals surface area contributed by atoms with Gasteiger partial charge in [0.15, 0.2) is 0 Å². The molecule has 0 bridgehead atoms. The Morgan fingerprint density at radius 1 is 1.22 bits per heavy atom. The average molecular weight is 241 g/mol. The first-order valence-corrected chi connectivity index (χ1v) is 6.54. The maximum Gasteiger partial charge on any atom is 0.0568 e. The minimum absolute atomic E-state index is 0.557. The van der Waals surface area contributed by atoms with Crippen molar-refractivity contribution in [2.24, 2.45) is 7.05 Å². The Hall–Kier alpha value is -1.61. The van der Waals surface area contributed by atoms with E-state index in [4.69, 9.17) is 0 Å². The van der Waals surface area contributed by atoms with Gasteiger partial charge in [-0.2, -0.15) is 5.10 Å². The van der Waals surface area contributed by atoms with Gasteiger partial charge in [-0.3, -0.25) is 9.58 Å². The van der Waals surface area contributed by atoms with Gasteiger partial charge in [0.2, 0.25) is 0 Å². The van der Waals surface area contributed by atoms with Gasteiger partial charge in [-0.15, -0.1) is 0 Å². The lowest BCUT2D eigenvalue weighted by molar-refractivity contribution is 0.318. The lowest BCUT2D eigenvalue weighted by atomic mass is 9.95. The Morgan fingerprint density at radius 3 is 2.72 bits per heavy atom. The van der Waals surface area contributed by atoms with Crippen LogP contribution in [0.2, 0.25) is 0 Å². The number of likely N-dealkylation sites (tertiary alicyclic amines) is 1. The predicted octanol–water partition coefficient (Wildman–Crippen LogP) is 2.85. The van der Waals surface area contributed by atoms with Gasteiger partial charge >= 0.3 is 0 Å². The van der Waals surface area contributed by atoms with Crippen LogP contribution in [0.15, 0.2) is 36.7 Å². The molecule has 18 heavy (non-hydrogen) atoms. The van der Waals surface area contributed by atoms with Gasteiger partial charge in [0.05, 0.1) is 6.20 Å². The highest BCUT2D eigenvalue weighted by Crippen LogP contribution is 2.36. The Balaban J connectivity index is 2.05. The van der Waals surface area contributed by atoms with Crippen LogP contribution in [0.25, 0.3) is 11.1 Å². The Morgan fingerprint density at radius 2 is 2.06 bits per heavy atom. The van der Waals surface area contributed by atoms with Crippen molar-refractivity contribution in [3.05, 3.63) is 42.2 Å². The molecule has 2 heterocycles. The van der Waals surface area contributed by atoms with Gasteiger partial charge in [-0.1, -0.05) is 24.3 Å². The third-order valence-corrected chi connectivity index (χ3v) is 3.86. The molecule has 0 N–H and O–H groups in total. The largest absolute Gasteiger partial charge is 0.299 e. The Labute approximate surface area is 108 Å². The highest BCUT2D eigenvalue weighted by atomic mass is 15.2. The van der Waals surface area contributed by atoms with E-state index in [0.717, 1.165) is 0 Å². The molecule has 1 aliphatic heterocycles. The van der Waals surface area contributed by atoms with Crippen LogP contribution >= 0.6 is 0 Å². The predicted molar refractivity (Wildman–Crippen MR) is 73.2 cm³/mol. The molecule has 3 nitrogen and oxygen atoms in total. The van der Waals surface area contributed by atoms with Crippen molar-refractivity contribution < 1.29 is 0 Å². The number of nitrogens with zero attached hydrogens (tertiary/aromatic N) is 3. The first-order valence-electron chi connectivity index (χ1n) is 6.54. The summed E-state index contributed by atoms with van der Waals surface area (Å²) in [4.78, 5) is 2.45. The van der Waals surface area contributed by atoms with E-state index < -0.39 is 0 Å². The third kappa shape index (κ3) is 1.95. The van der Waals surface area contributed by atoms with Crippen molar-refractivity contribution in [2.45, 2.75) is 18.9 Å². The molecule has 1 aromatic heterocycles. The van der Waals surface area contributed by atoms with Crippen LogP contribution in [0.1, 0.15) is 24.4 Å². The van der Waals surface area contributed by atoms with Crippen molar-refractivity contribution in [1.82, 2.24) is 14.7 Å². The van der Waals surface area contributed by atoms with E-state index in [9.17, 15) is 0 Å². The van der Waals surface area contributed by atoms with Crippen LogP contribution < -0.4 is 0 Å². The number of aryl methyl sites for hydroxylation is 1. The summed E-state index contributed by atoms with van der Waals surface area (Å²) in [5, 5.41) is 4.28. The second-order valence-electron chi connectivity index (χ2n) is 5.13. The van der Waals surface area contributed by atoms with Crippen molar-refractivity contribution in [3.8, 4) is 11.1 Å². The number of hydrogen-bond acceptors (Lipinski definition) is 2. The summed E-state index contributed by atoms with van der Waals surface area (Å²) >= 11 is 0. The van der Waals surface area contributed by atoms with E-state index in [2.05, 4.69) is 47.5 Å². The van der Waals surface area contributed by atoms with Crippen LogP contribution in [-0.4, -0.2) is 28.3 Å². The topological polar surface area (TPSA) is 21.1 Å². The summed E-state index contributed by atoms with van der Waals surface area (Å²) in [7, 11) is 4.19. The Kier molecular flexibility index (Phi) is 2.92. The van der Waals surface area contributed by atoms with Crippen molar-refractivity contribution >= 4 is 0 Å². The fourth-order valence-corrected chi connectivity index (χ4v) is 2.91. The van der Waals surface area contributed by atoms with Crippen LogP contribution in [0.4, 0.5) is 0 Å². The lowest BCUT2D eigenvalue weighted by Crippen LogP contribution is -2.18. The highest BCUT2D eigenvalue weighted by molar-refractivity contribution is 5.66. The standard InChI is InChI=1S/C15H19N3/c1-17-9-5-8-15(17)14-7-4-3-6-13(14)12-10-16-18(2)11-12/h3-4,6-7,10-11,15H,5,8-9H2,1-2H3/t15-/m1/s1. The van der Waals surface area contributed by atoms with Crippen molar-refractivity contribution in [3.63, 3.8) is 0 Å². The van der Waals surface area contributed by atoms with Crippen LogP contribution in [0.5, 0.6) is 0 Å². The molecule has 0 saturated carbocycles. The molecule has 2 aromatic rings. The summed E-state index contributed by atoms with van der Waals surface area (Å²) in [6.07, 6.45) is 6.60. The fraction of sp³-hybridized carbons (Fsp3) is 0.400. The molecule has 0 aliphatic carbocycles. The van der Waals surface area contributed by atoms with Crippen molar-refractivity contribution in [1.29, 1.82) is 0 Å². The Bertz CT molecular complexity index is 544. The number of aromatic nitrogens is 2. The fourth-order valence-electron chi connectivity index (χ4n) is 2.91. The summed E-state index contributed by atoms with van der Waals surface area (Å²) in [5.74, 6) is 0. The normalized spacial score (nSPS) is 20.4. The summed E-state index contributed by atoms with van der Waals surface area (Å²) < 4.78 is 1.87. The molecule has 0 radical (unpaired) electrons. The second-order valence-corrected chi connectivity index (χ2v) is 5.13. The first kappa shape index (κ1) is 11.5. The molecule has 1 saturated heterocycles. The molecule has 1 atom stereocenters. The van der Waals surface area contributed by atoms with E-state index in [1.165, 1.54) is 36.1 Å². The van der Waals surface area contributed by atoms with Gasteiger partial charge in [-0.05, 0) is 37.6 Å². The molecule has 3 heteroatoms. The smallest absolute Gasteiger partial charge is 0.0568 e. The second kappa shape index (κ2) is 4.58. The van der Waals surface area contributed by atoms with E-state index in [1.54, 1.807) is 0 Å². The molecule has 94 valence electrons. The minimum Gasteiger partial charge on any atom is -0.299 e. The van der Waals surface area contributed by atoms with Gasteiger partial charge < -0.3 is 0 Å². The van der Waals surface area contributed by atoms with Gasteiger partial charge in [0.25, 0.3) is 0 Å². The lowest BCUT2D eigenvalue weighted by Gasteiger charge is -2.22. The SMILES string of the molecule is CN1CCC[C@@H]1c1ccccc1-c1cnn(C)c1. The van der Waals surface area contributed by atoms with Crippen molar-refractivity contribution in [2.75, 3.05) is 13.6 Å². The zero-order chi connectivity index (χ0) is 12.5. The molecule has 1 aliphatic rings. The molecule has 1 aromatic carbocycles. The van der Waals surface area contributed by atoms with Crippen LogP contribution in [0.3, 0.4) is 0 Å². The summed E-state index contributed by atoms with van der Waals surface area (Å²) in [6.45, 7) is 1.20. The van der Waals surface area contributed by atoms with Gasteiger partial charge in [0, 0.05) is 24.8 Å². The zero-order valence-corrected chi connectivity index (χ0v) is 11.0. The average Bonchev–Trinajstić information content (AvgIpc) is 2.98. The van der Waals surface area contributed by atoms with Crippen LogP contribution in [-0.2, 0) is 7.05 Å². The quantitative estimate of drug-likeness (QED) is 0.806. The number of hydrogen-bond donors (Lipinski definition) is 0. The summed E-state index contributed by atoms with van der Waals surface area (Å²) in [5.41, 5.74) is 3.98. The molecule has 0 spiro atoms. The molecular weight excluding hydrogens is 222 g/mol. The summed E-state index contributed by atoms with van der Waals surface area (Å²) in [6, 6.07) is 9.27. The van der Waals surface area contributed by atoms with Gasteiger partial charge in [-0.25, -0.2) is 0 Å². The maximum absolute atomic E-state index is 4.28. The molecule has 0 amide bonds. The molecule has 3 rings (SSSR count). The molecule has 1 fully saturated rings. The number of benzene rings is 1. The minimum atomic E-state index is 0.557. The molecule has 0 unspecified atom stereocenters. The van der Waals surface area contributed by atoms with E-state index in [-0.39, 0.29) is 0 Å². The van der Waals surface area contributed by atoms with Gasteiger partial charge in [0.1, 0.15) is 0 Å². The first-order chi connectivity index (χ1) is 8.75. The zero-order valence-electron chi connectivity index (χ0n) is 11.0. The molecular formula is C15H19N3. The van der Waals surface area contributed by atoms with E-state index in [1.807, 2.05) is 17.9 Å².